The number of hydrogen-bond donors (Lipinski definition) is 1. The Labute approximate surface area is 140 Å². The van der Waals surface area contributed by atoms with Gasteiger partial charge in [-0.15, -0.1) is 0 Å². The molecule has 0 spiro atoms. The minimum Gasteiger partial charge on any atom is -0.494 e. The maximum Gasteiger partial charge on any atom is 0.409 e. The number of carbonyl (C=O) groups excluding carboxylic acids is 2. The van der Waals surface area contributed by atoms with Crippen LogP contribution in [0.1, 0.15) is 25.3 Å². The minimum absolute atomic E-state index is 0.0197. The molecule has 2 rings (SSSR count). The topological polar surface area (TPSA) is 67.9 Å². The number of halogens is 1. The van der Waals surface area contributed by atoms with Crippen LogP contribution in [0, 0.1) is 5.82 Å². The third-order valence-electron chi connectivity index (χ3n) is 3.97. The predicted octanol–water partition coefficient (Wildman–Crippen LogP) is 2.11. The van der Waals surface area contributed by atoms with Crippen LogP contribution < -0.4 is 10.1 Å². The third-order valence-corrected chi connectivity index (χ3v) is 3.97. The smallest absolute Gasteiger partial charge is 0.409 e. The lowest BCUT2D eigenvalue weighted by molar-refractivity contribution is -0.121. The zero-order chi connectivity index (χ0) is 17.5. The van der Waals surface area contributed by atoms with Gasteiger partial charge in [0.25, 0.3) is 0 Å². The van der Waals surface area contributed by atoms with Crippen molar-refractivity contribution in [3.05, 3.63) is 29.6 Å². The molecule has 0 aliphatic carbocycles. The highest BCUT2D eigenvalue weighted by molar-refractivity contribution is 5.79. The Balaban J connectivity index is 1.79. The monoisotopic (exact) mass is 338 g/mol. The van der Waals surface area contributed by atoms with E-state index in [0.717, 1.165) is 0 Å². The largest absolute Gasteiger partial charge is 0.494 e. The zero-order valence-corrected chi connectivity index (χ0v) is 14.0. The number of rotatable bonds is 5. The van der Waals surface area contributed by atoms with Crippen molar-refractivity contribution in [3.8, 4) is 5.75 Å². The van der Waals surface area contributed by atoms with Gasteiger partial charge in [-0.2, -0.15) is 0 Å². The van der Waals surface area contributed by atoms with E-state index in [4.69, 9.17) is 9.47 Å². The molecule has 0 aromatic heterocycles. The van der Waals surface area contributed by atoms with Crippen LogP contribution in [0.3, 0.4) is 0 Å². The molecule has 0 atom stereocenters. The Kier molecular flexibility index (Phi) is 6.40. The lowest BCUT2D eigenvalue weighted by atomic mass is 10.0. The Morgan fingerprint density at radius 2 is 2.04 bits per heavy atom. The first-order valence-corrected chi connectivity index (χ1v) is 8.07. The second-order valence-electron chi connectivity index (χ2n) is 5.67. The van der Waals surface area contributed by atoms with Gasteiger partial charge in [0, 0.05) is 19.1 Å². The molecular weight excluding hydrogens is 315 g/mol. The Morgan fingerprint density at radius 1 is 1.33 bits per heavy atom. The molecule has 1 aliphatic heterocycles. The Bertz CT molecular complexity index is 586. The van der Waals surface area contributed by atoms with E-state index in [1.165, 1.54) is 19.2 Å². The molecule has 6 nitrogen and oxygen atoms in total. The van der Waals surface area contributed by atoms with E-state index < -0.39 is 5.82 Å². The molecular formula is C17H23FN2O4. The summed E-state index contributed by atoms with van der Waals surface area (Å²) < 4.78 is 23.5. The van der Waals surface area contributed by atoms with Crippen molar-refractivity contribution in [2.24, 2.45) is 0 Å². The molecule has 24 heavy (non-hydrogen) atoms. The highest BCUT2D eigenvalue weighted by Gasteiger charge is 2.24. The Morgan fingerprint density at radius 3 is 2.62 bits per heavy atom. The fourth-order valence-electron chi connectivity index (χ4n) is 2.71. The molecule has 1 aliphatic rings. The second kappa shape index (κ2) is 8.52. The average molecular weight is 338 g/mol. The van der Waals surface area contributed by atoms with Gasteiger partial charge >= 0.3 is 6.09 Å². The minimum atomic E-state index is -0.481. The summed E-state index contributed by atoms with van der Waals surface area (Å²) in [5.41, 5.74) is 0.592. The molecule has 1 heterocycles. The summed E-state index contributed by atoms with van der Waals surface area (Å²) in [5, 5.41) is 2.94. The number of nitrogens with one attached hydrogen (secondary N) is 1. The van der Waals surface area contributed by atoms with Crippen molar-refractivity contribution < 1.29 is 23.5 Å². The Hall–Kier alpha value is -2.31. The first-order chi connectivity index (χ1) is 11.5. The molecule has 132 valence electrons. The van der Waals surface area contributed by atoms with Crippen LogP contribution in [-0.4, -0.2) is 49.7 Å². The average Bonchev–Trinajstić information content (AvgIpc) is 2.56. The fourth-order valence-corrected chi connectivity index (χ4v) is 2.71. The summed E-state index contributed by atoms with van der Waals surface area (Å²) in [4.78, 5) is 25.4. The molecule has 0 unspecified atom stereocenters. The summed E-state index contributed by atoms with van der Waals surface area (Å²) >= 11 is 0. The summed E-state index contributed by atoms with van der Waals surface area (Å²) in [7, 11) is 1.40. The van der Waals surface area contributed by atoms with Crippen molar-refractivity contribution in [3.63, 3.8) is 0 Å². The molecule has 0 bridgehead atoms. The van der Waals surface area contributed by atoms with Gasteiger partial charge in [0.05, 0.1) is 20.1 Å². The number of ether oxygens (including phenoxy) is 2. The van der Waals surface area contributed by atoms with Crippen molar-refractivity contribution in [1.82, 2.24) is 10.2 Å². The molecule has 0 radical (unpaired) electrons. The number of nitrogens with zero attached hydrogens (tertiary/aromatic N) is 1. The normalized spacial score (nSPS) is 15.0. The van der Waals surface area contributed by atoms with Crippen LogP contribution >= 0.6 is 0 Å². The first-order valence-electron chi connectivity index (χ1n) is 8.07. The van der Waals surface area contributed by atoms with Crippen LogP contribution in [-0.2, 0) is 16.0 Å². The van der Waals surface area contributed by atoms with Crippen LogP contribution in [0.2, 0.25) is 0 Å². The molecule has 0 saturated carbocycles. The van der Waals surface area contributed by atoms with Gasteiger partial charge in [0.2, 0.25) is 5.91 Å². The van der Waals surface area contributed by atoms with Gasteiger partial charge in [-0.1, -0.05) is 6.07 Å². The van der Waals surface area contributed by atoms with Gasteiger partial charge in [-0.3, -0.25) is 4.79 Å². The summed E-state index contributed by atoms with van der Waals surface area (Å²) in [5.74, 6) is -0.481. The van der Waals surface area contributed by atoms with E-state index in [1.54, 1.807) is 17.9 Å². The van der Waals surface area contributed by atoms with Crippen molar-refractivity contribution >= 4 is 12.0 Å². The zero-order valence-electron chi connectivity index (χ0n) is 14.0. The van der Waals surface area contributed by atoms with E-state index in [1.807, 2.05) is 0 Å². The van der Waals surface area contributed by atoms with E-state index in [0.29, 0.717) is 38.1 Å². The van der Waals surface area contributed by atoms with Gasteiger partial charge < -0.3 is 19.7 Å². The number of piperidine rings is 1. The molecule has 1 fully saturated rings. The lowest BCUT2D eigenvalue weighted by Gasteiger charge is -2.31. The maximum atomic E-state index is 13.6. The van der Waals surface area contributed by atoms with E-state index in [2.05, 4.69) is 5.32 Å². The van der Waals surface area contributed by atoms with Gasteiger partial charge in [0.15, 0.2) is 11.6 Å². The number of carbonyl (C=O) groups is 2. The second-order valence-corrected chi connectivity index (χ2v) is 5.67. The number of hydrogen-bond acceptors (Lipinski definition) is 4. The maximum absolute atomic E-state index is 13.6. The van der Waals surface area contributed by atoms with Crippen LogP contribution in [0.25, 0.3) is 0 Å². The van der Waals surface area contributed by atoms with E-state index in [9.17, 15) is 14.0 Å². The number of methoxy groups -OCH3 is 1. The first kappa shape index (κ1) is 18.0. The highest BCUT2D eigenvalue weighted by Crippen LogP contribution is 2.18. The molecule has 1 saturated heterocycles. The van der Waals surface area contributed by atoms with Crippen LogP contribution in [0.15, 0.2) is 18.2 Å². The van der Waals surface area contributed by atoms with Crippen LogP contribution in [0.5, 0.6) is 5.75 Å². The van der Waals surface area contributed by atoms with Gasteiger partial charge in [0.1, 0.15) is 0 Å². The van der Waals surface area contributed by atoms with Crippen molar-refractivity contribution in [2.45, 2.75) is 32.2 Å². The van der Waals surface area contributed by atoms with Crippen molar-refractivity contribution in [2.75, 3.05) is 26.8 Å². The number of likely N-dealkylation sites (tertiary alicyclic amines) is 1. The van der Waals surface area contributed by atoms with E-state index in [-0.39, 0.29) is 30.2 Å². The lowest BCUT2D eigenvalue weighted by Crippen LogP contribution is -2.47. The van der Waals surface area contributed by atoms with E-state index >= 15 is 0 Å². The van der Waals surface area contributed by atoms with Crippen LogP contribution in [0.4, 0.5) is 9.18 Å². The standard InChI is InChI=1S/C17H23FN2O4/c1-3-24-17(22)20-8-6-13(7-9-20)19-16(21)11-12-4-5-15(23-2)14(18)10-12/h4-5,10,13H,3,6-9,11H2,1-2H3,(H,19,21). The van der Waals surface area contributed by atoms with Gasteiger partial charge in [-0.25, -0.2) is 9.18 Å². The number of amides is 2. The molecule has 1 aromatic rings. The fraction of sp³-hybridized carbons (Fsp3) is 0.529. The molecule has 1 aromatic carbocycles. The molecule has 2 amide bonds. The number of benzene rings is 1. The summed E-state index contributed by atoms with van der Waals surface area (Å²) in [6.07, 6.45) is 1.16. The molecule has 1 N–H and O–H groups in total. The highest BCUT2D eigenvalue weighted by atomic mass is 19.1. The SMILES string of the molecule is CCOC(=O)N1CCC(NC(=O)Cc2ccc(OC)c(F)c2)CC1. The third kappa shape index (κ3) is 4.84. The molecule has 7 heteroatoms. The summed E-state index contributed by atoms with van der Waals surface area (Å²) in [6, 6.07) is 4.51. The van der Waals surface area contributed by atoms with Crippen molar-refractivity contribution in [1.29, 1.82) is 0 Å². The predicted molar refractivity (Wildman–Crippen MR) is 86.4 cm³/mol. The quantitative estimate of drug-likeness (QED) is 0.893. The summed E-state index contributed by atoms with van der Waals surface area (Å²) in [6.45, 7) is 3.24. The van der Waals surface area contributed by atoms with Gasteiger partial charge in [-0.05, 0) is 37.5 Å².